The number of carbonyl (C=O) groups is 1. The Morgan fingerprint density at radius 3 is 2.86 bits per heavy atom. The van der Waals surface area contributed by atoms with Crippen molar-refractivity contribution in [2.75, 3.05) is 11.9 Å². The molecule has 0 aliphatic rings. The van der Waals surface area contributed by atoms with Crippen molar-refractivity contribution >= 4 is 21.9 Å². The fourth-order valence-corrected chi connectivity index (χ4v) is 1.31. The van der Waals surface area contributed by atoms with Crippen LogP contribution in [0.3, 0.4) is 0 Å². The maximum Gasteiger partial charge on any atom is 0.336 e. The van der Waals surface area contributed by atoms with Crippen LogP contribution in [0.2, 0.25) is 0 Å². The molecule has 0 aliphatic heterocycles. The van der Waals surface area contributed by atoms with E-state index in [1.807, 2.05) is 0 Å². The molecule has 1 aromatic carbocycles. The molecule has 0 unspecified atom stereocenters. The van der Waals surface area contributed by atoms with Gasteiger partial charge in [-0.25, -0.2) is 4.79 Å². The molecule has 0 amide bonds. The van der Waals surface area contributed by atoms with E-state index in [4.69, 9.17) is 9.84 Å². The maximum absolute atomic E-state index is 10.8. The Bertz CT molecular complexity index is 336. The quantitative estimate of drug-likeness (QED) is 0.845. The van der Waals surface area contributed by atoms with Gasteiger partial charge in [-0.05, 0) is 19.1 Å². The molecule has 1 aromatic rings. The fourth-order valence-electron chi connectivity index (χ4n) is 1.15. The Labute approximate surface area is 90.8 Å². The maximum atomic E-state index is 10.8. The minimum Gasteiger partial charge on any atom is -0.492 e. The van der Waals surface area contributed by atoms with E-state index in [1.165, 1.54) is 0 Å². The van der Waals surface area contributed by atoms with Gasteiger partial charge >= 0.3 is 5.97 Å². The molecule has 0 fully saturated rings. The monoisotopic (exact) mass is 258 g/mol. The van der Waals surface area contributed by atoms with Gasteiger partial charge in [0.15, 0.2) is 0 Å². The predicted octanol–water partition coefficient (Wildman–Crippen LogP) is 2.47. The van der Waals surface area contributed by atoms with Crippen molar-refractivity contribution in [1.29, 1.82) is 0 Å². The topological polar surface area (TPSA) is 46.5 Å². The highest BCUT2D eigenvalue weighted by Crippen LogP contribution is 2.21. The van der Waals surface area contributed by atoms with Gasteiger partial charge in [0.1, 0.15) is 5.75 Å². The lowest BCUT2D eigenvalue weighted by Crippen LogP contribution is -2.04. The summed E-state index contributed by atoms with van der Waals surface area (Å²) in [5.41, 5.74) is 0.957. The standard InChI is InChI=1S/C10H11BrO3/c1-7-8(10(12)13)3-2-4-9(7)14-6-5-11/h2-4H,5-6H2,1H3,(H,12,13). The van der Waals surface area contributed by atoms with Crippen molar-refractivity contribution in [2.24, 2.45) is 0 Å². The molecule has 0 spiro atoms. The number of aromatic carboxylic acids is 1. The number of carboxylic acid groups (broad SMARTS) is 1. The number of rotatable bonds is 4. The molecule has 0 aromatic heterocycles. The van der Waals surface area contributed by atoms with Crippen LogP contribution >= 0.6 is 15.9 Å². The SMILES string of the molecule is Cc1c(OCCBr)cccc1C(=O)O. The number of halogens is 1. The van der Waals surface area contributed by atoms with Gasteiger partial charge in [-0.1, -0.05) is 22.0 Å². The highest BCUT2D eigenvalue weighted by atomic mass is 79.9. The van der Waals surface area contributed by atoms with E-state index in [0.717, 1.165) is 5.33 Å². The zero-order chi connectivity index (χ0) is 10.6. The normalized spacial score (nSPS) is 9.86. The number of benzene rings is 1. The molecular weight excluding hydrogens is 248 g/mol. The lowest BCUT2D eigenvalue weighted by molar-refractivity contribution is 0.0695. The second-order valence-corrected chi connectivity index (χ2v) is 3.56. The zero-order valence-corrected chi connectivity index (χ0v) is 9.37. The van der Waals surface area contributed by atoms with Gasteiger partial charge in [0, 0.05) is 10.9 Å². The van der Waals surface area contributed by atoms with Gasteiger partial charge in [-0.3, -0.25) is 0 Å². The van der Waals surface area contributed by atoms with Crippen LogP contribution in [-0.4, -0.2) is 23.0 Å². The molecular formula is C10H11BrO3. The molecule has 0 atom stereocenters. The summed E-state index contributed by atoms with van der Waals surface area (Å²) in [7, 11) is 0. The predicted molar refractivity (Wildman–Crippen MR) is 57.4 cm³/mol. The van der Waals surface area contributed by atoms with Crippen LogP contribution in [0.4, 0.5) is 0 Å². The third-order valence-electron chi connectivity index (χ3n) is 1.85. The summed E-state index contributed by atoms with van der Waals surface area (Å²) in [5, 5.41) is 9.58. The zero-order valence-electron chi connectivity index (χ0n) is 7.79. The third kappa shape index (κ3) is 2.48. The van der Waals surface area contributed by atoms with Crippen molar-refractivity contribution in [1.82, 2.24) is 0 Å². The van der Waals surface area contributed by atoms with Gasteiger partial charge in [-0.2, -0.15) is 0 Å². The highest BCUT2D eigenvalue weighted by molar-refractivity contribution is 9.09. The number of carboxylic acids is 1. The number of hydrogen-bond acceptors (Lipinski definition) is 2. The van der Waals surface area contributed by atoms with Crippen LogP contribution in [0.25, 0.3) is 0 Å². The molecule has 1 N–H and O–H groups in total. The first kappa shape index (κ1) is 11.0. The molecule has 0 saturated heterocycles. The van der Waals surface area contributed by atoms with Crippen LogP contribution in [0.5, 0.6) is 5.75 Å². The van der Waals surface area contributed by atoms with Crippen LogP contribution in [0.1, 0.15) is 15.9 Å². The van der Waals surface area contributed by atoms with E-state index >= 15 is 0 Å². The van der Waals surface area contributed by atoms with Crippen molar-refractivity contribution in [3.8, 4) is 5.75 Å². The van der Waals surface area contributed by atoms with E-state index in [2.05, 4.69) is 15.9 Å². The molecule has 0 bridgehead atoms. The molecule has 0 radical (unpaired) electrons. The molecule has 4 heteroatoms. The average molecular weight is 259 g/mol. The molecule has 3 nitrogen and oxygen atoms in total. The summed E-state index contributed by atoms with van der Waals surface area (Å²) >= 11 is 3.24. The van der Waals surface area contributed by atoms with Crippen LogP contribution in [0.15, 0.2) is 18.2 Å². The number of ether oxygens (including phenoxy) is 1. The van der Waals surface area contributed by atoms with Gasteiger partial charge < -0.3 is 9.84 Å². The minimum absolute atomic E-state index is 0.289. The van der Waals surface area contributed by atoms with Gasteiger partial charge in [0.25, 0.3) is 0 Å². The summed E-state index contributed by atoms with van der Waals surface area (Å²) in [5.74, 6) is -0.295. The molecule has 76 valence electrons. The fraction of sp³-hybridized carbons (Fsp3) is 0.300. The Hall–Kier alpha value is -1.03. The highest BCUT2D eigenvalue weighted by Gasteiger charge is 2.10. The van der Waals surface area contributed by atoms with E-state index < -0.39 is 5.97 Å². The lowest BCUT2D eigenvalue weighted by atomic mass is 10.1. The Balaban J connectivity index is 2.95. The van der Waals surface area contributed by atoms with Gasteiger partial charge in [-0.15, -0.1) is 0 Å². The molecule has 0 heterocycles. The van der Waals surface area contributed by atoms with Crippen molar-refractivity contribution in [3.63, 3.8) is 0 Å². The first-order chi connectivity index (χ1) is 6.66. The van der Waals surface area contributed by atoms with Crippen molar-refractivity contribution < 1.29 is 14.6 Å². The second kappa shape index (κ2) is 5.00. The second-order valence-electron chi connectivity index (χ2n) is 2.77. The van der Waals surface area contributed by atoms with E-state index in [1.54, 1.807) is 25.1 Å². The first-order valence-corrected chi connectivity index (χ1v) is 5.30. The molecule has 1 rings (SSSR count). The molecule has 14 heavy (non-hydrogen) atoms. The number of hydrogen-bond donors (Lipinski definition) is 1. The third-order valence-corrected chi connectivity index (χ3v) is 2.17. The Kier molecular flexibility index (Phi) is 3.95. The van der Waals surface area contributed by atoms with E-state index in [9.17, 15) is 4.79 Å². The Morgan fingerprint density at radius 1 is 1.57 bits per heavy atom. The van der Waals surface area contributed by atoms with Crippen molar-refractivity contribution in [2.45, 2.75) is 6.92 Å². The Morgan fingerprint density at radius 2 is 2.29 bits per heavy atom. The molecule has 0 aliphatic carbocycles. The first-order valence-electron chi connectivity index (χ1n) is 4.18. The molecule has 0 saturated carbocycles. The average Bonchev–Trinajstić information content (AvgIpc) is 2.16. The van der Waals surface area contributed by atoms with Crippen molar-refractivity contribution in [3.05, 3.63) is 29.3 Å². The van der Waals surface area contributed by atoms with Gasteiger partial charge in [0.2, 0.25) is 0 Å². The minimum atomic E-state index is -0.924. The largest absolute Gasteiger partial charge is 0.492 e. The summed E-state index contributed by atoms with van der Waals surface area (Å²) in [4.78, 5) is 10.8. The number of alkyl halides is 1. The van der Waals surface area contributed by atoms with Crippen LogP contribution in [0, 0.1) is 6.92 Å². The smallest absolute Gasteiger partial charge is 0.336 e. The van der Waals surface area contributed by atoms with E-state index in [0.29, 0.717) is 17.9 Å². The summed E-state index contributed by atoms with van der Waals surface area (Å²) in [6.07, 6.45) is 0. The summed E-state index contributed by atoms with van der Waals surface area (Å²) in [6.45, 7) is 2.27. The lowest BCUT2D eigenvalue weighted by Gasteiger charge is -2.09. The van der Waals surface area contributed by atoms with Crippen LogP contribution < -0.4 is 4.74 Å². The van der Waals surface area contributed by atoms with E-state index in [-0.39, 0.29) is 5.56 Å². The summed E-state index contributed by atoms with van der Waals surface area (Å²) in [6, 6.07) is 5.02. The summed E-state index contributed by atoms with van der Waals surface area (Å²) < 4.78 is 5.37. The van der Waals surface area contributed by atoms with Gasteiger partial charge in [0.05, 0.1) is 12.2 Å². The van der Waals surface area contributed by atoms with Crippen LogP contribution in [-0.2, 0) is 0 Å².